The molecule has 2 aromatic rings. The van der Waals surface area contributed by atoms with Gasteiger partial charge in [0.05, 0.1) is 0 Å². The van der Waals surface area contributed by atoms with Gasteiger partial charge in [0.1, 0.15) is 12.7 Å². The van der Waals surface area contributed by atoms with Gasteiger partial charge in [-0.15, -0.1) is 0 Å². The predicted molar refractivity (Wildman–Crippen MR) is 112 cm³/mol. The van der Waals surface area contributed by atoms with E-state index in [1.54, 1.807) is 17.9 Å². The molecule has 0 unspecified atom stereocenters. The van der Waals surface area contributed by atoms with E-state index >= 15 is 0 Å². The van der Waals surface area contributed by atoms with Crippen LogP contribution in [0.1, 0.15) is 57.4 Å². The third kappa shape index (κ3) is 6.14. The lowest BCUT2D eigenvalue weighted by Crippen LogP contribution is -2.34. The molecule has 1 aliphatic heterocycles. The molecule has 7 nitrogen and oxygen atoms in total. The normalized spacial score (nSPS) is 15.9. The fourth-order valence-corrected chi connectivity index (χ4v) is 3.85. The van der Waals surface area contributed by atoms with Gasteiger partial charge in [0, 0.05) is 45.2 Å². The summed E-state index contributed by atoms with van der Waals surface area (Å²) >= 11 is 0. The molecule has 0 aliphatic carbocycles. The minimum absolute atomic E-state index is 0.0558. The summed E-state index contributed by atoms with van der Waals surface area (Å²) in [4.78, 5) is 33.0. The SMILES string of the molecule is CC(=O)N1CCCCCCCN(C(=O)CCCn2cncn2)Cc2ccccc21. The van der Waals surface area contributed by atoms with Gasteiger partial charge in [0.15, 0.2) is 0 Å². The molecule has 1 aromatic carbocycles. The van der Waals surface area contributed by atoms with Crippen LogP contribution in [0.3, 0.4) is 0 Å². The minimum atomic E-state index is 0.0558. The zero-order valence-corrected chi connectivity index (χ0v) is 17.3. The summed E-state index contributed by atoms with van der Waals surface area (Å²) in [5, 5.41) is 4.09. The van der Waals surface area contributed by atoms with Crippen LogP contribution in [-0.4, -0.2) is 44.6 Å². The van der Waals surface area contributed by atoms with E-state index in [0.29, 0.717) is 19.5 Å². The average Bonchev–Trinajstić information content (AvgIpc) is 3.21. The molecular weight excluding hydrogens is 366 g/mol. The van der Waals surface area contributed by atoms with E-state index in [0.717, 1.165) is 62.9 Å². The lowest BCUT2D eigenvalue weighted by Gasteiger charge is -2.29. The number of aryl methyl sites for hydroxylation is 1. The highest BCUT2D eigenvalue weighted by atomic mass is 16.2. The van der Waals surface area contributed by atoms with Crippen LogP contribution in [0.25, 0.3) is 0 Å². The second kappa shape index (κ2) is 10.7. The maximum absolute atomic E-state index is 13.0. The standard InChI is InChI=1S/C22H31N5O2/c1-19(28)27-15-8-4-2-3-7-13-25(16-20-10-5-6-11-21(20)27)22(29)12-9-14-26-18-23-17-24-26/h5-6,10-11,17-18H,2-4,7-9,12-16H2,1H3. The molecule has 0 fully saturated rings. The quantitative estimate of drug-likeness (QED) is 0.793. The number of anilines is 1. The molecule has 0 saturated heterocycles. The fourth-order valence-electron chi connectivity index (χ4n) is 3.85. The highest BCUT2D eigenvalue weighted by Crippen LogP contribution is 2.24. The first-order chi connectivity index (χ1) is 14.1. The number of benzene rings is 1. The Morgan fingerprint density at radius 2 is 1.79 bits per heavy atom. The first kappa shape index (κ1) is 21.0. The zero-order chi connectivity index (χ0) is 20.5. The molecule has 0 bridgehead atoms. The van der Waals surface area contributed by atoms with Gasteiger partial charge in [-0.05, 0) is 30.9 Å². The van der Waals surface area contributed by atoms with Crippen LogP contribution in [0.2, 0.25) is 0 Å². The minimum Gasteiger partial charge on any atom is -0.338 e. The van der Waals surface area contributed by atoms with Crippen LogP contribution in [0.4, 0.5) is 5.69 Å². The lowest BCUT2D eigenvalue weighted by molar-refractivity contribution is -0.132. The molecule has 7 heteroatoms. The van der Waals surface area contributed by atoms with Crippen LogP contribution < -0.4 is 4.90 Å². The van der Waals surface area contributed by atoms with Crippen molar-refractivity contribution in [3.05, 3.63) is 42.5 Å². The van der Waals surface area contributed by atoms with Gasteiger partial charge >= 0.3 is 0 Å². The summed E-state index contributed by atoms with van der Waals surface area (Å²) in [6, 6.07) is 7.98. The predicted octanol–water partition coefficient (Wildman–Crippen LogP) is 3.40. The van der Waals surface area contributed by atoms with Crippen LogP contribution in [0.15, 0.2) is 36.9 Å². The van der Waals surface area contributed by atoms with E-state index in [9.17, 15) is 9.59 Å². The van der Waals surface area contributed by atoms with E-state index < -0.39 is 0 Å². The molecule has 1 aromatic heterocycles. The third-order valence-corrected chi connectivity index (χ3v) is 5.43. The van der Waals surface area contributed by atoms with Crippen molar-refractivity contribution < 1.29 is 9.59 Å². The summed E-state index contributed by atoms with van der Waals surface area (Å²) in [6.07, 6.45) is 9.80. The molecule has 1 aliphatic rings. The fraction of sp³-hybridized carbons (Fsp3) is 0.545. The Hall–Kier alpha value is -2.70. The summed E-state index contributed by atoms with van der Waals surface area (Å²) in [6.45, 7) is 4.35. The van der Waals surface area contributed by atoms with Crippen LogP contribution in [0.5, 0.6) is 0 Å². The topological polar surface area (TPSA) is 71.3 Å². The van der Waals surface area contributed by atoms with Gasteiger partial charge in [-0.1, -0.05) is 37.5 Å². The monoisotopic (exact) mass is 397 g/mol. The molecule has 2 heterocycles. The molecule has 3 rings (SSSR count). The first-order valence-electron chi connectivity index (χ1n) is 10.6. The van der Waals surface area contributed by atoms with Gasteiger partial charge in [-0.2, -0.15) is 5.10 Å². The molecule has 29 heavy (non-hydrogen) atoms. The van der Waals surface area contributed by atoms with Crippen molar-refractivity contribution in [2.45, 2.75) is 65.0 Å². The van der Waals surface area contributed by atoms with E-state index in [1.807, 2.05) is 34.1 Å². The molecule has 0 N–H and O–H groups in total. The number of nitrogens with zero attached hydrogens (tertiary/aromatic N) is 5. The van der Waals surface area contributed by atoms with E-state index in [1.165, 1.54) is 6.33 Å². The lowest BCUT2D eigenvalue weighted by atomic mass is 10.1. The maximum atomic E-state index is 13.0. The number of amides is 2. The number of carbonyl (C=O) groups excluding carboxylic acids is 2. The first-order valence-corrected chi connectivity index (χ1v) is 10.6. The highest BCUT2D eigenvalue weighted by Gasteiger charge is 2.20. The van der Waals surface area contributed by atoms with Crippen molar-refractivity contribution in [3.8, 4) is 0 Å². The molecule has 2 amide bonds. The second-order valence-electron chi connectivity index (χ2n) is 7.64. The Kier molecular flexibility index (Phi) is 7.78. The van der Waals surface area contributed by atoms with Crippen LogP contribution in [-0.2, 0) is 22.7 Å². The zero-order valence-electron chi connectivity index (χ0n) is 17.3. The number of carbonyl (C=O) groups is 2. The number of fused-ring (bicyclic) bond motifs is 1. The van der Waals surface area contributed by atoms with Gasteiger partial charge in [0.25, 0.3) is 0 Å². The smallest absolute Gasteiger partial charge is 0.223 e. The van der Waals surface area contributed by atoms with Gasteiger partial charge in [-0.3, -0.25) is 14.3 Å². The van der Waals surface area contributed by atoms with E-state index in [2.05, 4.69) is 10.1 Å². The second-order valence-corrected chi connectivity index (χ2v) is 7.64. The van der Waals surface area contributed by atoms with Gasteiger partial charge in [-0.25, -0.2) is 4.98 Å². The largest absolute Gasteiger partial charge is 0.338 e. The Morgan fingerprint density at radius 3 is 2.55 bits per heavy atom. The van der Waals surface area contributed by atoms with E-state index in [-0.39, 0.29) is 11.8 Å². The number of hydrogen-bond acceptors (Lipinski definition) is 4. The van der Waals surface area contributed by atoms with Gasteiger partial charge in [0.2, 0.25) is 11.8 Å². The van der Waals surface area contributed by atoms with Crippen molar-refractivity contribution in [2.75, 3.05) is 18.0 Å². The summed E-state index contributed by atoms with van der Waals surface area (Å²) in [5.74, 6) is 0.214. The average molecular weight is 398 g/mol. The molecule has 0 atom stereocenters. The Morgan fingerprint density at radius 1 is 1.03 bits per heavy atom. The number of para-hydroxylation sites is 1. The van der Waals surface area contributed by atoms with Crippen molar-refractivity contribution in [1.82, 2.24) is 19.7 Å². The Labute approximate surface area is 172 Å². The van der Waals surface area contributed by atoms with Crippen molar-refractivity contribution >= 4 is 17.5 Å². The summed E-state index contributed by atoms with van der Waals surface area (Å²) < 4.78 is 1.75. The number of aromatic nitrogens is 3. The maximum Gasteiger partial charge on any atom is 0.223 e. The summed E-state index contributed by atoms with van der Waals surface area (Å²) in [5.41, 5.74) is 1.97. The Bertz CT molecular complexity index is 790. The van der Waals surface area contributed by atoms with Crippen LogP contribution >= 0.6 is 0 Å². The summed E-state index contributed by atoms with van der Waals surface area (Å²) in [7, 11) is 0. The molecule has 0 radical (unpaired) electrons. The number of rotatable bonds is 4. The molecule has 0 saturated carbocycles. The van der Waals surface area contributed by atoms with E-state index in [4.69, 9.17) is 0 Å². The molecular formula is C22H31N5O2. The molecule has 156 valence electrons. The molecule has 0 spiro atoms. The third-order valence-electron chi connectivity index (χ3n) is 5.43. The van der Waals surface area contributed by atoms with Crippen molar-refractivity contribution in [2.24, 2.45) is 0 Å². The van der Waals surface area contributed by atoms with Gasteiger partial charge < -0.3 is 9.80 Å². The Balaban J connectivity index is 1.73. The number of hydrogen-bond donors (Lipinski definition) is 0. The van der Waals surface area contributed by atoms with Crippen LogP contribution in [0, 0.1) is 0 Å². The van der Waals surface area contributed by atoms with Crippen molar-refractivity contribution in [1.29, 1.82) is 0 Å². The highest BCUT2D eigenvalue weighted by molar-refractivity contribution is 5.92. The van der Waals surface area contributed by atoms with Crippen molar-refractivity contribution in [3.63, 3.8) is 0 Å².